The molecule has 4 nitrogen and oxygen atoms in total. The van der Waals surface area contributed by atoms with E-state index < -0.39 is 0 Å². The van der Waals surface area contributed by atoms with Gasteiger partial charge in [0.15, 0.2) is 0 Å². The lowest BCUT2D eigenvalue weighted by Crippen LogP contribution is -2.38. The number of halogens is 3. The molecule has 1 rings (SSSR count). The molecule has 1 aromatic heterocycles. The number of carbonyl (C=O) groups is 1. The predicted octanol–water partition coefficient (Wildman–Crippen LogP) is 1.76. The van der Waals surface area contributed by atoms with Gasteiger partial charge in [0, 0.05) is 23.3 Å². The second-order valence-electron chi connectivity index (χ2n) is 2.97. The summed E-state index contributed by atoms with van der Waals surface area (Å²) < 4.78 is 0.848. The molecular weight excluding hydrogens is 317 g/mol. The van der Waals surface area contributed by atoms with E-state index in [-0.39, 0.29) is 36.8 Å². The topological polar surface area (TPSA) is 68.0 Å². The zero-order valence-electron chi connectivity index (χ0n) is 8.64. The molecule has 16 heavy (non-hydrogen) atoms. The Morgan fingerprint density at radius 2 is 2.19 bits per heavy atom. The van der Waals surface area contributed by atoms with Crippen LogP contribution in [0.4, 0.5) is 0 Å². The number of aromatic nitrogens is 1. The number of pyridine rings is 1. The molecule has 0 aliphatic rings. The lowest BCUT2D eigenvalue weighted by Gasteiger charge is -2.10. The van der Waals surface area contributed by atoms with Gasteiger partial charge in [0.1, 0.15) is 5.69 Å². The third kappa shape index (κ3) is 5.65. The van der Waals surface area contributed by atoms with Gasteiger partial charge in [-0.25, -0.2) is 4.98 Å². The third-order valence-corrected chi connectivity index (χ3v) is 2.16. The van der Waals surface area contributed by atoms with Gasteiger partial charge in [-0.15, -0.1) is 24.8 Å². The van der Waals surface area contributed by atoms with Crippen molar-refractivity contribution in [1.82, 2.24) is 10.3 Å². The van der Waals surface area contributed by atoms with Gasteiger partial charge >= 0.3 is 0 Å². The third-order valence-electron chi connectivity index (χ3n) is 1.69. The van der Waals surface area contributed by atoms with Crippen molar-refractivity contribution in [3.63, 3.8) is 0 Å². The summed E-state index contributed by atoms with van der Waals surface area (Å²) in [5, 5.41) is 2.72. The molecule has 0 aromatic carbocycles. The Hall–Kier alpha value is -0.360. The smallest absolute Gasteiger partial charge is 0.270 e. The van der Waals surface area contributed by atoms with Crippen molar-refractivity contribution in [3.8, 4) is 0 Å². The zero-order valence-corrected chi connectivity index (χ0v) is 11.9. The largest absolute Gasteiger partial charge is 0.347 e. The molecule has 0 spiro atoms. The summed E-state index contributed by atoms with van der Waals surface area (Å²) in [7, 11) is 0. The van der Waals surface area contributed by atoms with Gasteiger partial charge in [-0.1, -0.05) is 0 Å². The van der Waals surface area contributed by atoms with E-state index >= 15 is 0 Å². The summed E-state index contributed by atoms with van der Waals surface area (Å²) in [6.07, 6.45) is 1.59. The maximum atomic E-state index is 11.5. The maximum Gasteiger partial charge on any atom is 0.270 e. The molecule has 3 N–H and O–H groups in total. The quantitative estimate of drug-likeness (QED) is 0.887. The Bertz CT molecular complexity index is 321. The first kappa shape index (κ1) is 18.0. The molecule has 92 valence electrons. The van der Waals surface area contributed by atoms with Crippen LogP contribution in [0.3, 0.4) is 0 Å². The van der Waals surface area contributed by atoms with E-state index in [1.807, 2.05) is 6.92 Å². The lowest BCUT2D eigenvalue weighted by atomic mass is 10.3. The highest BCUT2D eigenvalue weighted by atomic mass is 79.9. The monoisotopic (exact) mass is 329 g/mol. The summed E-state index contributed by atoms with van der Waals surface area (Å²) >= 11 is 3.24. The predicted molar refractivity (Wildman–Crippen MR) is 72.4 cm³/mol. The van der Waals surface area contributed by atoms with Crippen LogP contribution < -0.4 is 11.1 Å². The fourth-order valence-electron chi connectivity index (χ4n) is 0.867. The number of rotatable bonds is 3. The lowest BCUT2D eigenvalue weighted by molar-refractivity contribution is 0.0936. The molecular formula is C9H14BrCl2N3O. The molecule has 1 atom stereocenters. The molecule has 1 amide bonds. The standard InChI is InChI=1S/C9H12BrN3O.2ClH/c1-6(4-11)13-9(14)8-3-2-7(10)5-12-8;;/h2-3,5-6H,4,11H2,1H3,(H,13,14);2*1H/t6-;;/m1../s1. The number of nitrogens with zero attached hydrogens (tertiary/aromatic N) is 1. The first-order chi connectivity index (χ1) is 6.63. The summed E-state index contributed by atoms with van der Waals surface area (Å²) in [4.78, 5) is 15.4. The van der Waals surface area contributed by atoms with Gasteiger partial charge < -0.3 is 11.1 Å². The average molecular weight is 331 g/mol. The van der Waals surface area contributed by atoms with E-state index in [1.165, 1.54) is 0 Å². The van der Waals surface area contributed by atoms with Crippen molar-refractivity contribution in [2.45, 2.75) is 13.0 Å². The van der Waals surface area contributed by atoms with Crippen LogP contribution >= 0.6 is 40.7 Å². The van der Waals surface area contributed by atoms with Crippen LogP contribution in [0.25, 0.3) is 0 Å². The fraction of sp³-hybridized carbons (Fsp3) is 0.333. The minimum atomic E-state index is -0.199. The van der Waals surface area contributed by atoms with Crippen molar-refractivity contribution in [2.75, 3.05) is 6.54 Å². The Morgan fingerprint density at radius 3 is 2.62 bits per heavy atom. The van der Waals surface area contributed by atoms with Gasteiger partial charge in [0.05, 0.1) is 0 Å². The zero-order chi connectivity index (χ0) is 10.6. The number of hydrogen-bond donors (Lipinski definition) is 2. The number of nitrogens with two attached hydrogens (primary N) is 1. The van der Waals surface area contributed by atoms with Crippen LogP contribution in [-0.4, -0.2) is 23.5 Å². The normalized spacial score (nSPS) is 10.7. The van der Waals surface area contributed by atoms with E-state index in [0.29, 0.717) is 12.2 Å². The first-order valence-corrected chi connectivity index (χ1v) is 5.05. The van der Waals surface area contributed by atoms with Crippen LogP contribution in [0.15, 0.2) is 22.8 Å². The highest BCUT2D eigenvalue weighted by molar-refractivity contribution is 9.10. The number of hydrogen-bond acceptors (Lipinski definition) is 3. The number of nitrogens with one attached hydrogen (secondary N) is 1. The summed E-state index contributed by atoms with van der Waals surface area (Å²) in [6, 6.07) is 3.39. The number of carbonyl (C=O) groups excluding carboxylic acids is 1. The molecule has 0 saturated carbocycles. The molecule has 0 aliphatic heterocycles. The second kappa shape index (κ2) is 8.75. The Labute approximate surface area is 115 Å². The van der Waals surface area contributed by atoms with Crippen molar-refractivity contribution < 1.29 is 4.79 Å². The van der Waals surface area contributed by atoms with Crippen LogP contribution in [-0.2, 0) is 0 Å². The molecule has 0 radical (unpaired) electrons. The Morgan fingerprint density at radius 1 is 1.56 bits per heavy atom. The van der Waals surface area contributed by atoms with Crippen molar-refractivity contribution in [1.29, 1.82) is 0 Å². The SMILES string of the molecule is C[C@H](CN)NC(=O)c1ccc(Br)cn1.Cl.Cl. The molecule has 0 aliphatic carbocycles. The molecule has 0 unspecified atom stereocenters. The molecule has 1 heterocycles. The first-order valence-electron chi connectivity index (χ1n) is 4.26. The van der Waals surface area contributed by atoms with E-state index in [0.717, 1.165) is 4.47 Å². The van der Waals surface area contributed by atoms with Gasteiger partial charge in [0.25, 0.3) is 5.91 Å². The molecule has 0 fully saturated rings. The minimum absolute atomic E-state index is 0. The number of amides is 1. The van der Waals surface area contributed by atoms with Crippen molar-refractivity contribution >= 4 is 46.7 Å². The van der Waals surface area contributed by atoms with Gasteiger partial charge in [-0.3, -0.25) is 4.79 Å². The summed E-state index contributed by atoms with van der Waals surface area (Å²) in [6.45, 7) is 2.26. The van der Waals surface area contributed by atoms with E-state index in [9.17, 15) is 4.79 Å². The van der Waals surface area contributed by atoms with Crippen molar-refractivity contribution in [2.24, 2.45) is 5.73 Å². The average Bonchev–Trinajstić information content (AvgIpc) is 2.18. The Kier molecular flexibility index (Phi) is 9.86. The summed E-state index contributed by atoms with van der Waals surface area (Å²) in [5.74, 6) is -0.199. The molecule has 1 aromatic rings. The second-order valence-corrected chi connectivity index (χ2v) is 3.89. The molecule has 0 bridgehead atoms. The summed E-state index contributed by atoms with van der Waals surface area (Å²) in [5.41, 5.74) is 5.78. The maximum absolute atomic E-state index is 11.5. The van der Waals surface area contributed by atoms with Gasteiger partial charge in [0.2, 0.25) is 0 Å². The van der Waals surface area contributed by atoms with Gasteiger partial charge in [-0.2, -0.15) is 0 Å². The highest BCUT2D eigenvalue weighted by Gasteiger charge is 2.08. The molecule has 7 heteroatoms. The van der Waals surface area contributed by atoms with Crippen LogP contribution in [0.5, 0.6) is 0 Å². The fourth-order valence-corrected chi connectivity index (χ4v) is 1.10. The minimum Gasteiger partial charge on any atom is -0.347 e. The van der Waals surface area contributed by atoms with Crippen LogP contribution in [0.1, 0.15) is 17.4 Å². The van der Waals surface area contributed by atoms with Gasteiger partial charge in [-0.05, 0) is 35.0 Å². The molecule has 0 saturated heterocycles. The van der Waals surface area contributed by atoms with Crippen molar-refractivity contribution in [3.05, 3.63) is 28.5 Å². The Balaban J connectivity index is 0. The van der Waals surface area contributed by atoms with E-state index in [4.69, 9.17) is 5.73 Å². The van der Waals surface area contributed by atoms with E-state index in [2.05, 4.69) is 26.2 Å². The van der Waals surface area contributed by atoms with Crippen LogP contribution in [0, 0.1) is 0 Å². The highest BCUT2D eigenvalue weighted by Crippen LogP contribution is 2.07. The van der Waals surface area contributed by atoms with Crippen LogP contribution in [0.2, 0.25) is 0 Å². The van der Waals surface area contributed by atoms with E-state index in [1.54, 1.807) is 18.3 Å².